The van der Waals surface area contributed by atoms with Crippen LogP contribution in [0.15, 0.2) is 24.3 Å². The Balaban J connectivity index is 4.39. The highest BCUT2D eigenvalue weighted by Crippen LogP contribution is 2.09. The molecule has 0 fully saturated rings. The first-order chi connectivity index (χ1) is 12.3. The Bertz CT molecular complexity index is 454. The molecule has 7 heteroatoms. The fourth-order valence-corrected chi connectivity index (χ4v) is 1.87. The van der Waals surface area contributed by atoms with Gasteiger partial charge in [-0.05, 0) is 27.1 Å². The summed E-state index contributed by atoms with van der Waals surface area (Å²) in [6, 6.07) is 0. The molecule has 0 unspecified atom stereocenters. The molecule has 7 nitrogen and oxygen atoms in total. The molecule has 0 aliphatic carbocycles. The van der Waals surface area contributed by atoms with Crippen molar-refractivity contribution < 1.29 is 28.6 Å². The molecule has 26 heavy (non-hydrogen) atoms. The lowest BCUT2D eigenvalue weighted by Crippen LogP contribution is -2.19. The van der Waals surface area contributed by atoms with Crippen LogP contribution in [0.5, 0.6) is 0 Å². The third-order valence-electron chi connectivity index (χ3n) is 3.06. The fraction of sp³-hybridized carbons (Fsp3) is 0.526. The van der Waals surface area contributed by atoms with Crippen molar-refractivity contribution in [1.82, 2.24) is 4.90 Å². The van der Waals surface area contributed by atoms with Gasteiger partial charge in [0.25, 0.3) is 0 Å². The van der Waals surface area contributed by atoms with Gasteiger partial charge in [0.1, 0.15) is 19.3 Å². The van der Waals surface area contributed by atoms with Gasteiger partial charge < -0.3 is 19.1 Å². The highest BCUT2D eigenvalue weighted by atomic mass is 16.5. The van der Waals surface area contributed by atoms with Gasteiger partial charge in [-0.2, -0.15) is 0 Å². The molecule has 0 aliphatic rings. The van der Waals surface area contributed by atoms with Crippen molar-refractivity contribution in [3.8, 4) is 0 Å². The topological polar surface area (TPSA) is 82.1 Å². The van der Waals surface area contributed by atoms with E-state index in [0.717, 1.165) is 6.54 Å². The number of hydrogen-bond donors (Lipinski definition) is 0. The van der Waals surface area contributed by atoms with Gasteiger partial charge >= 0.3 is 17.9 Å². The summed E-state index contributed by atoms with van der Waals surface area (Å²) in [5.41, 5.74) is 0. The van der Waals surface area contributed by atoms with E-state index in [-0.39, 0.29) is 25.3 Å². The Morgan fingerprint density at radius 3 is 1.85 bits per heavy atom. The summed E-state index contributed by atoms with van der Waals surface area (Å²) in [6.45, 7) is 10.6. The van der Waals surface area contributed by atoms with Crippen molar-refractivity contribution in [3.63, 3.8) is 0 Å². The van der Waals surface area contributed by atoms with Crippen molar-refractivity contribution in [1.29, 1.82) is 0 Å². The predicted molar refractivity (Wildman–Crippen MR) is 95.7 cm³/mol. The first-order valence-electron chi connectivity index (χ1n) is 8.30. The molecular formula is C19H27NO6. The predicted octanol–water partition coefficient (Wildman–Crippen LogP) is 1.64. The number of carbonyl (C=O) groups excluding carboxylic acids is 3. The van der Waals surface area contributed by atoms with Crippen molar-refractivity contribution in [3.05, 3.63) is 38.2 Å². The number of carbonyl (C=O) groups is 3. The van der Waals surface area contributed by atoms with Crippen molar-refractivity contribution in [2.45, 2.75) is 31.8 Å². The molecule has 0 saturated heterocycles. The van der Waals surface area contributed by atoms with E-state index in [1.54, 1.807) is 24.3 Å². The molecular weight excluding hydrogens is 338 g/mol. The zero-order valence-corrected chi connectivity index (χ0v) is 15.4. The third-order valence-corrected chi connectivity index (χ3v) is 3.06. The maximum atomic E-state index is 11.9. The summed E-state index contributed by atoms with van der Waals surface area (Å²) >= 11 is 0. The van der Waals surface area contributed by atoms with Crippen molar-refractivity contribution in [2.24, 2.45) is 0 Å². The molecule has 144 valence electrons. The fourth-order valence-electron chi connectivity index (χ4n) is 1.87. The van der Waals surface area contributed by atoms with Crippen molar-refractivity contribution >= 4 is 17.9 Å². The minimum atomic E-state index is -0.851. The number of rotatable bonds is 13. The third kappa shape index (κ3) is 16.7. The average molecular weight is 365 g/mol. The summed E-state index contributed by atoms with van der Waals surface area (Å²) in [4.78, 5) is 34.9. The summed E-state index contributed by atoms with van der Waals surface area (Å²) in [5.74, 6) is -1.98. The van der Waals surface area contributed by atoms with Crippen LogP contribution in [0, 0.1) is 13.8 Å². The van der Waals surface area contributed by atoms with Crippen LogP contribution in [0.2, 0.25) is 0 Å². The molecule has 4 radical (unpaired) electrons. The molecule has 0 amide bonds. The second-order valence-corrected chi connectivity index (χ2v) is 5.69. The molecule has 0 aromatic rings. The van der Waals surface area contributed by atoms with Gasteiger partial charge in [0.15, 0.2) is 0 Å². The molecule has 0 bridgehead atoms. The smallest absolute Gasteiger partial charge is 0.311 e. The summed E-state index contributed by atoms with van der Waals surface area (Å²) in [6.07, 6.45) is 8.29. The van der Waals surface area contributed by atoms with Crippen LogP contribution in [-0.4, -0.2) is 62.8 Å². The Labute approximate surface area is 156 Å². The molecule has 0 aromatic carbocycles. The molecule has 0 atom stereocenters. The minimum Gasteiger partial charge on any atom is -0.462 e. The second-order valence-electron chi connectivity index (χ2n) is 5.69. The van der Waals surface area contributed by atoms with Crippen LogP contribution in [0.25, 0.3) is 0 Å². The van der Waals surface area contributed by atoms with Crippen molar-refractivity contribution in [2.75, 3.05) is 33.9 Å². The van der Waals surface area contributed by atoms with E-state index in [1.807, 2.05) is 19.0 Å². The zero-order chi connectivity index (χ0) is 19.8. The molecule has 0 heterocycles. The van der Waals surface area contributed by atoms with Crippen LogP contribution in [-0.2, 0) is 28.6 Å². The van der Waals surface area contributed by atoms with E-state index in [4.69, 9.17) is 18.6 Å². The quantitative estimate of drug-likeness (QED) is 0.279. The molecule has 0 N–H and O–H groups in total. The highest BCUT2D eigenvalue weighted by Gasteiger charge is 2.12. The minimum absolute atomic E-state index is 0.0567. The normalized spacial score (nSPS) is 11.5. The first kappa shape index (κ1) is 23.9. The van der Waals surface area contributed by atoms with Gasteiger partial charge in [0.2, 0.25) is 0 Å². The molecule has 0 rings (SSSR count). The van der Waals surface area contributed by atoms with Gasteiger partial charge in [-0.3, -0.25) is 14.4 Å². The molecule has 0 saturated carbocycles. The SMILES string of the molecule is [CH]C(=O)OC/C=C/CC(C/C=C/COC([CH])=O)OC(=O)CCCN(C)C. The molecule has 0 aliphatic heterocycles. The van der Waals surface area contributed by atoms with Gasteiger partial charge in [-0.1, -0.05) is 24.3 Å². The standard InChI is InChI=1S/C19H27NO6/c1-16(21)24-14-7-5-10-18(11-6-8-15-25-17(2)22)26-19(23)12-9-13-20(3)4/h1-2,5-8,18H,9-15H2,3-4H3/b7-5+,8-6+. The second kappa shape index (κ2) is 15.1. The van der Waals surface area contributed by atoms with Crippen LogP contribution >= 0.6 is 0 Å². The molecule has 0 spiro atoms. The number of hydrogen-bond acceptors (Lipinski definition) is 7. The summed E-state index contributed by atoms with van der Waals surface area (Å²) < 4.78 is 14.6. The Morgan fingerprint density at radius 2 is 1.42 bits per heavy atom. The van der Waals surface area contributed by atoms with Crippen LogP contribution in [0.4, 0.5) is 0 Å². The lowest BCUT2D eigenvalue weighted by molar-refractivity contribution is -0.149. The zero-order valence-electron chi connectivity index (χ0n) is 15.4. The lowest BCUT2D eigenvalue weighted by atomic mass is 10.1. The largest absolute Gasteiger partial charge is 0.462 e. The van der Waals surface area contributed by atoms with E-state index < -0.39 is 11.9 Å². The van der Waals surface area contributed by atoms with Gasteiger partial charge in [0, 0.05) is 19.3 Å². The lowest BCUT2D eigenvalue weighted by Gasteiger charge is -2.15. The van der Waals surface area contributed by atoms with E-state index >= 15 is 0 Å². The number of ether oxygens (including phenoxy) is 3. The van der Waals surface area contributed by atoms with E-state index in [0.29, 0.717) is 25.7 Å². The van der Waals surface area contributed by atoms with Crippen LogP contribution in [0.3, 0.4) is 0 Å². The summed E-state index contributed by atoms with van der Waals surface area (Å²) in [5, 5.41) is 0. The highest BCUT2D eigenvalue weighted by molar-refractivity contribution is 5.74. The van der Waals surface area contributed by atoms with E-state index in [2.05, 4.69) is 9.47 Å². The maximum absolute atomic E-state index is 11.9. The summed E-state index contributed by atoms with van der Waals surface area (Å²) in [7, 11) is 3.87. The van der Waals surface area contributed by atoms with E-state index in [1.165, 1.54) is 0 Å². The first-order valence-corrected chi connectivity index (χ1v) is 8.30. The Hall–Kier alpha value is -2.15. The van der Waals surface area contributed by atoms with E-state index in [9.17, 15) is 14.4 Å². The van der Waals surface area contributed by atoms with Gasteiger partial charge in [-0.15, -0.1) is 0 Å². The van der Waals surface area contributed by atoms with Gasteiger partial charge in [-0.25, -0.2) is 0 Å². The van der Waals surface area contributed by atoms with Gasteiger partial charge in [0.05, 0.1) is 13.8 Å². The molecule has 0 aromatic heterocycles. The maximum Gasteiger partial charge on any atom is 0.311 e. The van der Waals surface area contributed by atoms with Crippen LogP contribution in [0.1, 0.15) is 25.7 Å². The average Bonchev–Trinajstić information content (AvgIpc) is 2.52. The number of nitrogens with zero attached hydrogens (tertiary/aromatic N) is 1. The monoisotopic (exact) mass is 365 g/mol. The Kier molecular flexibility index (Phi) is 13.9. The van der Waals surface area contributed by atoms with Crippen LogP contribution < -0.4 is 0 Å². The number of esters is 3. The Morgan fingerprint density at radius 1 is 0.923 bits per heavy atom.